The second-order valence-electron chi connectivity index (χ2n) is 4.57. The Balaban J connectivity index is 2.15. The minimum Gasteiger partial charge on any atom is -0.348 e. The molecule has 1 N–H and O–H groups in total. The number of imidazole rings is 1. The van der Waals surface area contributed by atoms with Gasteiger partial charge in [0.15, 0.2) is 0 Å². The molecule has 0 bridgehead atoms. The zero-order valence-electron chi connectivity index (χ0n) is 8.54. The Morgan fingerprint density at radius 2 is 2.38 bits per heavy atom. The summed E-state index contributed by atoms with van der Waals surface area (Å²) in [5.41, 5.74) is 0.317. The predicted octanol–water partition coefficient (Wildman–Crippen LogP) is 1.61. The zero-order chi connectivity index (χ0) is 9.47. The summed E-state index contributed by atoms with van der Waals surface area (Å²) in [4.78, 5) is 9.92. The minimum atomic E-state index is 0.317. The van der Waals surface area contributed by atoms with Crippen LogP contribution in [-0.4, -0.2) is 34.0 Å². The molecule has 13 heavy (non-hydrogen) atoms. The molecule has 1 unspecified atom stereocenters. The number of hydrogen-bond donors (Lipinski definition) is 1. The van der Waals surface area contributed by atoms with Crippen molar-refractivity contribution < 1.29 is 0 Å². The molecule has 1 aliphatic heterocycles. The Morgan fingerprint density at radius 3 is 2.85 bits per heavy atom. The molecular weight excluding hydrogens is 162 g/mol. The average Bonchev–Trinajstić information content (AvgIpc) is 2.60. The van der Waals surface area contributed by atoms with Crippen molar-refractivity contribution in [2.75, 3.05) is 13.6 Å². The molecule has 1 aromatic heterocycles. The molecule has 1 aromatic rings. The van der Waals surface area contributed by atoms with E-state index in [4.69, 9.17) is 0 Å². The van der Waals surface area contributed by atoms with Gasteiger partial charge in [-0.1, -0.05) is 0 Å². The second-order valence-corrected chi connectivity index (χ2v) is 4.57. The van der Waals surface area contributed by atoms with E-state index in [-0.39, 0.29) is 0 Å². The molecule has 2 rings (SSSR count). The van der Waals surface area contributed by atoms with E-state index in [0.29, 0.717) is 11.5 Å². The van der Waals surface area contributed by atoms with Gasteiger partial charge in [0, 0.05) is 30.4 Å². The number of nitrogens with zero attached hydrogens (tertiary/aromatic N) is 2. The third-order valence-electron chi connectivity index (χ3n) is 3.18. The van der Waals surface area contributed by atoms with Crippen molar-refractivity contribution in [2.24, 2.45) is 0 Å². The van der Waals surface area contributed by atoms with Crippen molar-refractivity contribution >= 4 is 0 Å². The van der Waals surface area contributed by atoms with Crippen LogP contribution in [0.25, 0.3) is 0 Å². The van der Waals surface area contributed by atoms with Crippen LogP contribution in [0.3, 0.4) is 0 Å². The first-order valence-corrected chi connectivity index (χ1v) is 4.80. The number of likely N-dealkylation sites (N-methyl/N-ethyl adjacent to an activating group) is 1. The number of H-pyrrole nitrogens is 1. The summed E-state index contributed by atoms with van der Waals surface area (Å²) in [6.45, 7) is 5.69. The molecule has 0 aliphatic carbocycles. The summed E-state index contributed by atoms with van der Waals surface area (Å²) in [5.74, 6) is 1.72. The highest BCUT2D eigenvalue weighted by atomic mass is 15.2. The maximum atomic E-state index is 4.32. The summed E-state index contributed by atoms with van der Waals surface area (Å²) >= 11 is 0. The Bertz CT molecular complexity index is 276. The van der Waals surface area contributed by atoms with Gasteiger partial charge < -0.3 is 9.88 Å². The molecule has 0 saturated carbocycles. The van der Waals surface area contributed by atoms with Gasteiger partial charge in [-0.3, -0.25) is 0 Å². The first-order valence-electron chi connectivity index (χ1n) is 4.80. The maximum absolute atomic E-state index is 4.32. The molecule has 1 aliphatic rings. The normalized spacial score (nSPS) is 28.1. The van der Waals surface area contributed by atoms with Crippen molar-refractivity contribution in [3.8, 4) is 0 Å². The van der Waals surface area contributed by atoms with Crippen molar-refractivity contribution in [3.63, 3.8) is 0 Å². The summed E-state index contributed by atoms with van der Waals surface area (Å²) in [5, 5.41) is 0. The molecule has 0 aromatic carbocycles. The van der Waals surface area contributed by atoms with E-state index in [1.54, 1.807) is 0 Å². The lowest BCUT2D eigenvalue weighted by Gasteiger charge is -2.26. The second kappa shape index (κ2) is 2.84. The van der Waals surface area contributed by atoms with Gasteiger partial charge >= 0.3 is 0 Å². The van der Waals surface area contributed by atoms with Gasteiger partial charge in [0.05, 0.1) is 0 Å². The number of hydrogen-bond acceptors (Lipinski definition) is 2. The Kier molecular flexibility index (Phi) is 1.91. The molecule has 0 radical (unpaired) electrons. The quantitative estimate of drug-likeness (QED) is 0.710. The van der Waals surface area contributed by atoms with Gasteiger partial charge in [0.2, 0.25) is 0 Å². The van der Waals surface area contributed by atoms with Crippen LogP contribution in [0.2, 0.25) is 0 Å². The third kappa shape index (κ3) is 1.48. The third-order valence-corrected chi connectivity index (χ3v) is 3.18. The van der Waals surface area contributed by atoms with E-state index in [0.717, 1.165) is 12.4 Å². The van der Waals surface area contributed by atoms with Crippen LogP contribution in [0.5, 0.6) is 0 Å². The van der Waals surface area contributed by atoms with Crippen LogP contribution in [0.4, 0.5) is 0 Å². The first-order chi connectivity index (χ1) is 6.09. The van der Waals surface area contributed by atoms with Gasteiger partial charge in [-0.2, -0.15) is 0 Å². The van der Waals surface area contributed by atoms with E-state index < -0.39 is 0 Å². The minimum absolute atomic E-state index is 0.317. The van der Waals surface area contributed by atoms with Crippen LogP contribution < -0.4 is 0 Å². The van der Waals surface area contributed by atoms with Crippen molar-refractivity contribution in [1.29, 1.82) is 0 Å². The van der Waals surface area contributed by atoms with Gasteiger partial charge in [0.1, 0.15) is 5.82 Å². The molecule has 1 fully saturated rings. The van der Waals surface area contributed by atoms with Crippen LogP contribution >= 0.6 is 0 Å². The van der Waals surface area contributed by atoms with Gasteiger partial charge in [0.25, 0.3) is 0 Å². The first kappa shape index (κ1) is 8.75. The Labute approximate surface area is 79.2 Å². The molecule has 0 spiro atoms. The zero-order valence-corrected chi connectivity index (χ0v) is 8.54. The van der Waals surface area contributed by atoms with Crippen LogP contribution in [0.15, 0.2) is 12.4 Å². The molecular formula is C10H17N3. The molecule has 72 valence electrons. The van der Waals surface area contributed by atoms with E-state index in [2.05, 4.69) is 35.8 Å². The number of aromatic nitrogens is 2. The highest BCUT2D eigenvalue weighted by Crippen LogP contribution is 2.35. The van der Waals surface area contributed by atoms with Gasteiger partial charge in [-0.15, -0.1) is 0 Å². The summed E-state index contributed by atoms with van der Waals surface area (Å²) < 4.78 is 0. The highest BCUT2D eigenvalue weighted by molar-refractivity contribution is 5.06. The fraction of sp³-hybridized carbons (Fsp3) is 0.700. The predicted molar refractivity (Wildman–Crippen MR) is 52.7 cm³/mol. The summed E-state index contributed by atoms with van der Waals surface area (Å²) in [6, 6.07) is 0. The summed E-state index contributed by atoms with van der Waals surface area (Å²) in [7, 11) is 2.18. The van der Waals surface area contributed by atoms with Crippen LogP contribution in [0.1, 0.15) is 32.0 Å². The standard InChI is InChI=1S/C10H17N3/c1-10(2)6-8(7-13(10)3)9-11-4-5-12-9/h4-5,8H,6-7H2,1-3H3,(H,11,12). The van der Waals surface area contributed by atoms with Crippen molar-refractivity contribution in [2.45, 2.75) is 31.7 Å². The Hall–Kier alpha value is -0.830. The van der Waals surface area contributed by atoms with E-state index in [1.807, 2.05) is 12.4 Å². The molecule has 3 heteroatoms. The average molecular weight is 179 g/mol. The number of rotatable bonds is 1. The van der Waals surface area contributed by atoms with E-state index in [1.165, 1.54) is 6.42 Å². The van der Waals surface area contributed by atoms with Gasteiger partial charge in [-0.05, 0) is 27.3 Å². The van der Waals surface area contributed by atoms with Crippen LogP contribution in [0, 0.1) is 0 Å². The lowest BCUT2D eigenvalue weighted by Crippen LogP contribution is -2.34. The van der Waals surface area contributed by atoms with Crippen molar-refractivity contribution in [3.05, 3.63) is 18.2 Å². The molecule has 0 amide bonds. The van der Waals surface area contributed by atoms with E-state index >= 15 is 0 Å². The topological polar surface area (TPSA) is 31.9 Å². The lowest BCUT2D eigenvalue weighted by atomic mass is 9.96. The SMILES string of the molecule is CN1CC(c2ncc[nH]2)CC1(C)C. The van der Waals surface area contributed by atoms with Crippen LogP contribution in [-0.2, 0) is 0 Å². The van der Waals surface area contributed by atoms with E-state index in [9.17, 15) is 0 Å². The largest absolute Gasteiger partial charge is 0.348 e. The lowest BCUT2D eigenvalue weighted by molar-refractivity contribution is 0.218. The fourth-order valence-corrected chi connectivity index (χ4v) is 2.08. The number of likely N-dealkylation sites (tertiary alicyclic amines) is 1. The molecule has 2 heterocycles. The Morgan fingerprint density at radius 1 is 1.62 bits per heavy atom. The highest BCUT2D eigenvalue weighted by Gasteiger charge is 2.37. The molecule has 1 saturated heterocycles. The monoisotopic (exact) mass is 179 g/mol. The number of nitrogens with one attached hydrogen (secondary N) is 1. The maximum Gasteiger partial charge on any atom is 0.110 e. The van der Waals surface area contributed by atoms with Gasteiger partial charge in [-0.25, -0.2) is 4.98 Å². The molecule has 3 nitrogen and oxygen atoms in total. The summed E-state index contributed by atoms with van der Waals surface area (Å²) in [6.07, 6.45) is 4.93. The smallest absolute Gasteiger partial charge is 0.110 e. The fourth-order valence-electron chi connectivity index (χ4n) is 2.08. The van der Waals surface area contributed by atoms with Crippen molar-refractivity contribution in [1.82, 2.24) is 14.9 Å². The number of aromatic amines is 1. The molecule has 1 atom stereocenters.